The Hall–Kier alpha value is -2.67. The minimum atomic E-state index is -1.05. The van der Waals surface area contributed by atoms with E-state index in [-0.39, 0.29) is 35.3 Å². The molecule has 2 aliphatic heterocycles. The lowest BCUT2D eigenvalue weighted by molar-refractivity contribution is -0.145. The van der Waals surface area contributed by atoms with Gasteiger partial charge in [0.2, 0.25) is 5.91 Å². The van der Waals surface area contributed by atoms with Crippen molar-refractivity contribution in [3.05, 3.63) is 65.9 Å². The van der Waals surface area contributed by atoms with Crippen LogP contribution in [0, 0.1) is 28.4 Å². The van der Waals surface area contributed by atoms with Crippen molar-refractivity contribution in [2.75, 3.05) is 13.1 Å². The van der Waals surface area contributed by atoms with E-state index in [0.29, 0.717) is 31.4 Å². The summed E-state index contributed by atoms with van der Waals surface area (Å²) in [5.41, 5.74) is -1.97. The van der Waals surface area contributed by atoms with Crippen LogP contribution < -0.4 is 0 Å². The van der Waals surface area contributed by atoms with Crippen LogP contribution in [-0.4, -0.2) is 34.6 Å². The van der Waals surface area contributed by atoms with Crippen LogP contribution in [0.15, 0.2) is 58.9 Å². The molecule has 2 bridgehead atoms. The number of allylic oxidation sites excluding steroid dienone is 2. The summed E-state index contributed by atoms with van der Waals surface area (Å²) in [6, 6.07) is 3.62. The fourth-order valence-corrected chi connectivity index (χ4v) is 5.77. The monoisotopic (exact) mass is 441 g/mol. The van der Waals surface area contributed by atoms with E-state index in [1.807, 2.05) is 13.8 Å². The summed E-state index contributed by atoms with van der Waals surface area (Å²) < 4.78 is 29.0. The highest BCUT2D eigenvalue weighted by Crippen LogP contribution is 2.63. The Kier molecular flexibility index (Phi) is 5.24. The molecule has 0 spiro atoms. The Balaban J connectivity index is 1.82. The summed E-state index contributed by atoms with van der Waals surface area (Å²) in [5, 5.41) is 18.9. The number of fused-ring (bicyclic) bond motifs is 2. The van der Waals surface area contributed by atoms with Crippen molar-refractivity contribution < 1.29 is 18.7 Å². The molecule has 1 aromatic carbocycles. The second-order valence-corrected chi connectivity index (χ2v) is 10.0. The molecule has 1 N–H and O–H groups in total. The third-order valence-electron chi connectivity index (χ3n) is 7.64. The number of aliphatic hydroxyl groups is 1. The van der Waals surface area contributed by atoms with Crippen molar-refractivity contribution in [3.63, 3.8) is 0 Å². The topological polar surface area (TPSA) is 65.3 Å². The normalized spacial score (nSPS) is 34.5. The van der Waals surface area contributed by atoms with E-state index in [1.165, 1.54) is 18.2 Å². The molecule has 2 heterocycles. The van der Waals surface area contributed by atoms with Crippen LogP contribution in [-0.2, 0) is 4.79 Å². The molecular weight excluding hydrogens is 412 g/mol. The van der Waals surface area contributed by atoms with Crippen LogP contribution in [0.25, 0.3) is 5.70 Å². The molecule has 7 heteroatoms. The quantitative estimate of drug-likeness (QED) is 0.681. The number of nitrogens with zero attached hydrogens (tertiary/aromatic N) is 3. The highest BCUT2D eigenvalue weighted by molar-refractivity contribution is 5.88. The largest absolute Gasteiger partial charge is 0.388 e. The molecule has 2 unspecified atom stereocenters. The molecule has 1 aliphatic carbocycles. The number of rotatable bonds is 2. The molecule has 1 aromatic rings. The molecule has 3 aliphatic rings. The first kappa shape index (κ1) is 22.5. The predicted molar refractivity (Wildman–Crippen MR) is 118 cm³/mol. The van der Waals surface area contributed by atoms with Crippen molar-refractivity contribution in [1.29, 1.82) is 0 Å². The molecule has 32 heavy (non-hydrogen) atoms. The van der Waals surface area contributed by atoms with Crippen molar-refractivity contribution in [2.45, 2.75) is 45.6 Å². The van der Waals surface area contributed by atoms with Crippen LogP contribution in [0.3, 0.4) is 0 Å². The van der Waals surface area contributed by atoms with Gasteiger partial charge in [0, 0.05) is 13.1 Å². The Labute approximate surface area is 187 Å². The Morgan fingerprint density at radius 1 is 1.16 bits per heavy atom. The van der Waals surface area contributed by atoms with Gasteiger partial charge in [-0.3, -0.25) is 4.79 Å². The lowest BCUT2D eigenvalue weighted by Crippen LogP contribution is -2.51. The smallest absolute Gasteiger partial charge is 0.235 e. The minimum Gasteiger partial charge on any atom is -0.388 e. The number of azo groups is 1. The molecular formula is C25H29F2N3O2. The van der Waals surface area contributed by atoms with Gasteiger partial charge in [0.25, 0.3) is 0 Å². The molecule has 5 nitrogen and oxygen atoms in total. The second kappa shape index (κ2) is 7.44. The summed E-state index contributed by atoms with van der Waals surface area (Å²) in [6.45, 7) is 14.7. The lowest BCUT2D eigenvalue weighted by atomic mass is 9.61. The van der Waals surface area contributed by atoms with Crippen LogP contribution in [0.2, 0.25) is 0 Å². The van der Waals surface area contributed by atoms with E-state index in [9.17, 15) is 18.7 Å². The molecule has 170 valence electrons. The Morgan fingerprint density at radius 3 is 2.41 bits per heavy atom. The second-order valence-electron chi connectivity index (χ2n) is 10.0. The van der Waals surface area contributed by atoms with E-state index in [2.05, 4.69) is 23.4 Å². The maximum Gasteiger partial charge on any atom is 0.235 e. The van der Waals surface area contributed by atoms with Gasteiger partial charge in [-0.05, 0) is 61.3 Å². The van der Waals surface area contributed by atoms with Gasteiger partial charge in [-0.1, -0.05) is 33.1 Å². The van der Waals surface area contributed by atoms with Gasteiger partial charge < -0.3 is 10.0 Å². The highest BCUT2D eigenvalue weighted by Gasteiger charge is 2.63. The molecule has 1 amide bonds. The van der Waals surface area contributed by atoms with E-state index in [1.54, 1.807) is 17.9 Å². The number of carbonyl (C=O) groups is 1. The molecule has 1 saturated carbocycles. The number of hydrogen-bond acceptors (Lipinski definition) is 4. The fraction of sp³-hybridized carbons (Fsp3) is 0.480. The third kappa shape index (κ3) is 3.25. The summed E-state index contributed by atoms with van der Waals surface area (Å²) >= 11 is 0. The van der Waals surface area contributed by atoms with E-state index in [4.69, 9.17) is 0 Å². The van der Waals surface area contributed by atoms with Crippen molar-refractivity contribution in [1.82, 2.24) is 4.90 Å². The van der Waals surface area contributed by atoms with E-state index >= 15 is 0 Å². The van der Waals surface area contributed by atoms with Gasteiger partial charge in [-0.25, -0.2) is 8.78 Å². The van der Waals surface area contributed by atoms with Crippen molar-refractivity contribution >= 4 is 11.6 Å². The van der Waals surface area contributed by atoms with Crippen LogP contribution in [0.1, 0.15) is 45.6 Å². The third-order valence-corrected chi connectivity index (χ3v) is 7.64. The first-order chi connectivity index (χ1) is 14.9. The van der Waals surface area contributed by atoms with Gasteiger partial charge in [-0.2, -0.15) is 10.2 Å². The van der Waals surface area contributed by atoms with Crippen LogP contribution in [0.4, 0.5) is 8.78 Å². The van der Waals surface area contributed by atoms with Gasteiger partial charge in [-0.15, -0.1) is 0 Å². The Morgan fingerprint density at radius 2 is 1.81 bits per heavy atom. The molecule has 1 saturated heterocycles. The highest BCUT2D eigenvalue weighted by atomic mass is 19.1. The maximum atomic E-state index is 14.5. The average Bonchev–Trinajstić information content (AvgIpc) is 3.21. The van der Waals surface area contributed by atoms with Crippen molar-refractivity contribution in [2.24, 2.45) is 27.0 Å². The van der Waals surface area contributed by atoms with Gasteiger partial charge in [0.05, 0.1) is 28.0 Å². The Bertz CT molecular complexity index is 1050. The number of likely N-dealkylation sites (tertiary alicyclic amines) is 1. The van der Waals surface area contributed by atoms with Gasteiger partial charge in [0.1, 0.15) is 11.6 Å². The minimum absolute atomic E-state index is 0.0156. The van der Waals surface area contributed by atoms with Crippen molar-refractivity contribution in [3.8, 4) is 0 Å². The molecule has 4 rings (SSSR count). The van der Waals surface area contributed by atoms with E-state index < -0.39 is 28.1 Å². The van der Waals surface area contributed by atoms with E-state index in [0.717, 1.165) is 0 Å². The van der Waals surface area contributed by atoms with Crippen LogP contribution in [0.5, 0.6) is 0 Å². The fourth-order valence-electron chi connectivity index (χ4n) is 5.77. The lowest BCUT2D eigenvalue weighted by Gasteiger charge is -2.44. The summed E-state index contributed by atoms with van der Waals surface area (Å²) in [5.74, 6) is -1.77. The number of amides is 1. The maximum absolute atomic E-state index is 14.5. The number of halogens is 2. The number of benzene rings is 1. The number of hydrogen-bond donors (Lipinski definition) is 1. The zero-order valence-corrected chi connectivity index (χ0v) is 18.8. The number of β-amino-alcohol motifs (C(OH)–C–C–N with tert-alkyl or cyclic N) is 1. The SMILES string of the molecule is C=C1/C=C(c2c(F)cccc2F)\N=N/C(=C)[C@]2(C(=O)N3CCC(C)(O)C3)CCC1C2(C)C. The van der Waals surface area contributed by atoms with Gasteiger partial charge >= 0.3 is 0 Å². The standard InChI is InChI=1S/C25H29F2N3O2/c1-15-13-20(21-18(26)7-6-8-19(21)27)29-28-16(2)25(10-9-17(15)23(25,3)4)22(31)30-12-11-24(5,32)14-30/h6-8,13,17,32H,1-2,9-12,14H2,3-5H3/b20-13-,29-28-/t17?,24?,25-/m0/s1. The zero-order chi connectivity index (χ0) is 23.5. The summed E-state index contributed by atoms with van der Waals surface area (Å²) in [6.07, 6.45) is 3.23. The van der Waals surface area contributed by atoms with Crippen LogP contribution >= 0.6 is 0 Å². The predicted octanol–water partition coefficient (Wildman–Crippen LogP) is 5.25. The zero-order valence-electron chi connectivity index (χ0n) is 18.8. The molecule has 0 radical (unpaired) electrons. The molecule has 3 atom stereocenters. The molecule has 0 aromatic heterocycles. The summed E-state index contributed by atoms with van der Waals surface area (Å²) in [7, 11) is 0. The number of carbonyl (C=O) groups excluding carboxylic acids is 1. The first-order valence-corrected chi connectivity index (χ1v) is 10.9. The molecule has 2 fully saturated rings. The average molecular weight is 442 g/mol. The first-order valence-electron chi connectivity index (χ1n) is 10.9. The summed E-state index contributed by atoms with van der Waals surface area (Å²) in [4.78, 5) is 15.6. The van der Waals surface area contributed by atoms with Gasteiger partial charge in [0.15, 0.2) is 0 Å².